The molecule has 0 aromatic carbocycles. The number of anilines is 1. The first-order valence-corrected chi connectivity index (χ1v) is 6.10. The lowest BCUT2D eigenvalue weighted by atomic mass is 10.1. The van der Waals surface area contributed by atoms with Crippen molar-refractivity contribution in [2.45, 2.75) is 39.7 Å². The van der Waals surface area contributed by atoms with E-state index >= 15 is 0 Å². The molecular formula is C12H23N3O. The van der Waals surface area contributed by atoms with E-state index in [9.17, 15) is 0 Å². The average molecular weight is 225 g/mol. The zero-order valence-corrected chi connectivity index (χ0v) is 10.8. The second kappa shape index (κ2) is 6.53. The van der Waals surface area contributed by atoms with Gasteiger partial charge in [0.25, 0.3) is 0 Å². The number of aromatic nitrogens is 2. The Hall–Kier alpha value is -1.03. The predicted molar refractivity (Wildman–Crippen MR) is 66.8 cm³/mol. The molecule has 1 N–H and O–H groups in total. The van der Waals surface area contributed by atoms with Crippen LogP contribution in [0, 0.1) is 6.92 Å². The van der Waals surface area contributed by atoms with Gasteiger partial charge in [0.2, 0.25) is 0 Å². The second-order valence-electron chi connectivity index (χ2n) is 3.83. The molecule has 0 amide bonds. The van der Waals surface area contributed by atoms with Gasteiger partial charge < -0.3 is 10.1 Å². The summed E-state index contributed by atoms with van der Waals surface area (Å²) in [6.07, 6.45) is 2.16. The molecule has 0 bridgehead atoms. The monoisotopic (exact) mass is 225 g/mol. The summed E-state index contributed by atoms with van der Waals surface area (Å²) < 4.78 is 7.19. The van der Waals surface area contributed by atoms with Gasteiger partial charge in [0, 0.05) is 38.1 Å². The lowest BCUT2D eigenvalue weighted by Crippen LogP contribution is -2.28. The van der Waals surface area contributed by atoms with Crippen molar-refractivity contribution in [2.75, 3.05) is 18.5 Å². The maximum absolute atomic E-state index is 5.30. The van der Waals surface area contributed by atoms with Gasteiger partial charge in [-0.3, -0.25) is 4.68 Å². The minimum atomic E-state index is 0.526. The van der Waals surface area contributed by atoms with Crippen molar-refractivity contribution in [2.24, 2.45) is 7.05 Å². The lowest BCUT2D eigenvalue weighted by Gasteiger charge is -2.22. The molecule has 1 saturated heterocycles. The fraction of sp³-hybridized carbons (Fsp3) is 0.750. The fourth-order valence-corrected chi connectivity index (χ4v) is 1.68. The van der Waals surface area contributed by atoms with Gasteiger partial charge in [-0.25, -0.2) is 0 Å². The van der Waals surface area contributed by atoms with Crippen LogP contribution in [-0.4, -0.2) is 29.0 Å². The molecule has 16 heavy (non-hydrogen) atoms. The molecule has 2 rings (SSSR count). The number of hydrogen-bond donors (Lipinski definition) is 1. The molecular weight excluding hydrogens is 202 g/mol. The predicted octanol–water partition coefficient (Wildman–Crippen LogP) is 2.35. The highest BCUT2D eigenvalue weighted by atomic mass is 16.5. The Labute approximate surface area is 98.0 Å². The largest absolute Gasteiger partial charge is 0.381 e. The molecule has 0 saturated carbocycles. The Bertz CT molecular complexity index is 284. The molecule has 1 aromatic rings. The molecule has 0 spiro atoms. The number of hydrogen-bond acceptors (Lipinski definition) is 3. The molecule has 0 unspecified atom stereocenters. The van der Waals surface area contributed by atoms with Crippen LogP contribution in [0.5, 0.6) is 0 Å². The zero-order chi connectivity index (χ0) is 12.0. The van der Waals surface area contributed by atoms with E-state index in [-0.39, 0.29) is 0 Å². The van der Waals surface area contributed by atoms with Crippen LogP contribution in [0.15, 0.2) is 6.07 Å². The highest BCUT2D eigenvalue weighted by molar-refractivity contribution is 5.36. The molecule has 1 aliphatic heterocycles. The van der Waals surface area contributed by atoms with E-state index in [0.29, 0.717) is 6.04 Å². The maximum atomic E-state index is 5.30. The van der Waals surface area contributed by atoms with Gasteiger partial charge in [-0.05, 0) is 19.8 Å². The van der Waals surface area contributed by atoms with Gasteiger partial charge in [-0.2, -0.15) is 5.10 Å². The standard InChI is InChI=1S/C10H17N3O.C2H6/c1-8-7-10(12-13(8)2)11-9-3-5-14-6-4-9;1-2/h7,9H,3-6H2,1-2H3,(H,11,12);1-2H3. The molecule has 1 aromatic heterocycles. The van der Waals surface area contributed by atoms with Crippen LogP contribution in [0.2, 0.25) is 0 Å². The van der Waals surface area contributed by atoms with Crippen molar-refractivity contribution in [1.82, 2.24) is 9.78 Å². The van der Waals surface area contributed by atoms with Crippen LogP contribution < -0.4 is 5.32 Å². The summed E-state index contributed by atoms with van der Waals surface area (Å²) in [6.45, 7) is 7.79. The molecule has 92 valence electrons. The molecule has 0 aliphatic carbocycles. The molecule has 0 radical (unpaired) electrons. The van der Waals surface area contributed by atoms with Gasteiger partial charge >= 0.3 is 0 Å². The number of nitrogens with one attached hydrogen (secondary N) is 1. The number of aryl methyl sites for hydroxylation is 2. The summed E-state index contributed by atoms with van der Waals surface area (Å²) >= 11 is 0. The third-order valence-corrected chi connectivity index (χ3v) is 2.69. The summed E-state index contributed by atoms with van der Waals surface area (Å²) in [5, 5.41) is 7.80. The van der Waals surface area contributed by atoms with E-state index in [1.165, 1.54) is 5.69 Å². The van der Waals surface area contributed by atoms with Gasteiger partial charge in [0.05, 0.1) is 0 Å². The van der Waals surface area contributed by atoms with E-state index in [1.54, 1.807) is 0 Å². The number of rotatable bonds is 2. The Morgan fingerprint density at radius 1 is 1.38 bits per heavy atom. The first-order chi connectivity index (χ1) is 7.75. The van der Waals surface area contributed by atoms with E-state index in [2.05, 4.69) is 23.4 Å². The maximum Gasteiger partial charge on any atom is 0.148 e. The Balaban J connectivity index is 0.000000606. The van der Waals surface area contributed by atoms with Gasteiger partial charge in [0.1, 0.15) is 5.82 Å². The van der Waals surface area contributed by atoms with Crippen molar-refractivity contribution in [3.8, 4) is 0 Å². The first-order valence-electron chi connectivity index (χ1n) is 6.10. The van der Waals surface area contributed by atoms with Crippen molar-refractivity contribution in [1.29, 1.82) is 0 Å². The van der Waals surface area contributed by atoms with Crippen LogP contribution in [0.4, 0.5) is 5.82 Å². The van der Waals surface area contributed by atoms with Crippen molar-refractivity contribution >= 4 is 5.82 Å². The number of nitrogens with zero attached hydrogens (tertiary/aromatic N) is 2. The summed E-state index contributed by atoms with van der Waals surface area (Å²) in [5.74, 6) is 0.983. The summed E-state index contributed by atoms with van der Waals surface area (Å²) in [6, 6.07) is 2.60. The van der Waals surface area contributed by atoms with Crippen molar-refractivity contribution in [3.05, 3.63) is 11.8 Å². The minimum absolute atomic E-state index is 0.526. The molecule has 1 aliphatic rings. The highest BCUT2D eigenvalue weighted by Gasteiger charge is 2.14. The van der Waals surface area contributed by atoms with E-state index in [0.717, 1.165) is 31.9 Å². The van der Waals surface area contributed by atoms with Crippen LogP contribution >= 0.6 is 0 Å². The van der Waals surface area contributed by atoms with Gasteiger partial charge in [0.15, 0.2) is 0 Å². The smallest absolute Gasteiger partial charge is 0.148 e. The van der Waals surface area contributed by atoms with Crippen LogP contribution in [-0.2, 0) is 11.8 Å². The third kappa shape index (κ3) is 3.52. The molecule has 4 heteroatoms. The SMILES string of the molecule is CC.Cc1cc(NC2CCOCC2)nn1C. The van der Waals surface area contributed by atoms with Crippen molar-refractivity contribution < 1.29 is 4.74 Å². The quantitative estimate of drug-likeness (QED) is 0.839. The molecule has 4 nitrogen and oxygen atoms in total. The van der Waals surface area contributed by atoms with E-state index in [4.69, 9.17) is 4.74 Å². The van der Waals surface area contributed by atoms with Crippen LogP contribution in [0.1, 0.15) is 32.4 Å². The number of ether oxygens (including phenoxy) is 1. The van der Waals surface area contributed by atoms with E-state index < -0.39 is 0 Å². The molecule has 1 fully saturated rings. The summed E-state index contributed by atoms with van der Waals surface area (Å²) in [5.41, 5.74) is 1.18. The Kier molecular flexibility index (Phi) is 5.32. The van der Waals surface area contributed by atoms with Gasteiger partial charge in [-0.1, -0.05) is 13.8 Å². The summed E-state index contributed by atoms with van der Waals surface area (Å²) in [4.78, 5) is 0. The highest BCUT2D eigenvalue weighted by Crippen LogP contribution is 2.14. The fourth-order valence-electron chi connectivity index (χ4n) is 1.68. The topological polar surface area (TPSA) is 39.1 Å². The second-order valence-corrected chi connectivity index (χ2v) is 3.83. The molecule has 2 heterocycles. The minimum Gasteiger partial charge on any atom is -0.381 e. The average Bonchev–Trinajstić information content (AvgIpc) is 2.62. The van der Waals surface area contributed by atoms with Crippen molar-refractivity contribution in [3.63, 3.8) is 0 Å². The lowest BCUT2D eigenvalue weighted by molar-refractivity contribution is 0.0904. The normalized spacial score (nSPS) is 16.5. The first kappa shape index (κ1) is 13.0. The van der Waals surface area contributed by atoms with E-state index in [1.807, 2.05) is 25.6 Å². The molecule has 0 atom stereocenters. The Morgan fingerprint density at radius 2 is 2.00 bits per heavy atom. The van der Waals surface area contributed by atoms with Crippen LogP contribution in [0.3, 0.4) is 0 Å². The third-order valence-electron chi connectivity index (χ3n) is 2.69. The zero-order valence-electron chi connectivity index (χ0n) is 10.8. The van der Waals surface area contributed by atoms with Crippen LogP contribution in [0.25, 0.3) is 0 Å². The van der Waals surface area contributed by atoms with Gasteiger partial charge in [-0.15, -0.1) is 0 Å². The Morgan fingerprint density at radius 3 is 2.50 bits per heavy atom. The summed E-state index contributed by atoms with van der Waals surface area (Å²) in [7, 11) is 1.96.